The van der Waals surface area contributed by atoms with Gasteiger partial charge in [-0.25, -0.2) is 4.57 Å². The lowest BCUT2D eigenvalue weighted by atomic mass is 9.90. The summed E-state index contributed by atoms with van der Waals surface area (Å²) in [5, 5.41) is 22.9. The van der Waals surface area contributed by atoms with E-state index in [2.05, 4.69) is 9.84 Å². The zero-order valence-corrected chi connectivity index (χ0v) is 18.9. The molecule has 5 N–H and O–H groups in total. The molecule has 0 aliphatic carbocycles. The Balaban J connectivity index is 1.28. The molecule has 2 bridgehead atoms. The van der Waals surface area contributed by atoms with Gasteiger partial charge in [-0.05, 0) is 19.3 Å². The molecule has 3 aliphatic heterocycles. The quantitative estimate of drug-likeness (QED) is 0.197. The highest BCUT2D eigenvalue weighted by atomic mass is 31.2. The normalized spacial score (nSPS) is 32.4. The van der Waals surface area contributed by atoms with E-state index >= 15 is 0 Å². The molecule has 0 saturated carbocycles. The van der Waals surface area contributed by atoms with Gasteiger partial charge in [0, 0.05) is 18.8 Å². The fraction of sp³-hybridized carbons (Fsp3) is 0.800. The minimum Gasteiger partial charge on any atom is -0.388 e. The fourth-order valence-corrected chi connectivity index (χ4v) is 4.98. The Kier molecular flexibility index (Phi) is 8.48. The first-order chi connectivity index (χ1) is 15.1. The van der Waals surface area contributed by atoms with E-state index in [9.17, 15) is 24.4 Å². The van der Waals surface area contributed by atoms with Crippen LogP contribution in [0.15, 0.2) is 12.3 Å². The highest BCUT2D eigenvalue weighted by Crippen LogP contribution is 2.37. The highest BCUT2D eigenvalue weighted by Gasteiger charge is 2.47. The molecule has 182 valence electrons. The number of unbranched alkanes of at least 4 members (excludes halogenated alkanes) is 5. The lowest BCUT2D eigenvalue weighted by Gasteiger charge is -2.26. The number of rotatable bonds is 12. The van der Waals surface area contributed by atoms with Crippen LogP contribution in [0.5, 0.6) is 0 Å². The molecule has 5 unspecified atom stereocenters. The Hall–Kier alpha value is -1.33. The molecule has 2 fully saturated rings. The highest BCUT2D eigenvalue weighted by molar-refractivity contribution is 7.46. The number of carbonyl (C=O) groups is 2. The second-order valence-electron chi connectivity index (χ2n) is 8.78. The number of ether oxygens (including phenoxy) is 1. The monoisotopic (exact) mass is 476 g/mol. The van der Waals surface area contributed by atoms with Gasteiger partial charge >= 0.3 is 7.82 Å². The lowest BCUT2D eigenvalue weighted by molar-refractivity contribution is -0.133. The first-order valence-electron chi connectivity index (χ1n) is 11.1. The van der Waals surface area contributed by atoms with E-state index in [4.69, 9.17) is 14.5 Å². The molecule has 0 aromatic rings. The summed E-state index contributed by atoms with van der Waals surface area (Å²) in [6.45, 7) is 0.142. The summed E-state index contributed by atoms with van der Waals surface area (Å²) >= 11 is 0. The van der Waals surface area contributed by atoms with Crippen LogP contribution >= 0.6 is 7.82 Å². The number of aliphatic hydroxyl groups excluding tert-OH is 2. The van der Waals surface area contributed by atoms with Gasteiger partial charge in [0.1, 0.15) is 23.9 Å². The van der Waals surface area contributed by atoms with Crippen LogP contribution in [-0.2, 0) is 23.4 Å². The number of nitrogens with zero attached hydrogens (tertiary/aromatic N) is 1. The Morgan fingerprint density at radius 2 is 1.75 bits per heavy atom. The molecule has 2 amide bonds. The molecule has 0 radical (unpaired) electrons. The first-order valence-corrected chi connectivity index (χ1v) is 12.7. The largest absolute Gasteiger partial charge is 0.469 e. The van der Waals surface area contributed by atoms with Crippen molar-refractivity contribution in [3.05, 3.63) is 12.3 Å². The van der Waals surface area contributed by atoms with Gasteiger partial charge < -0.3 is 35.0 Å². The van der Waals surface area contributed by atoms with Crippen molar-refractivity contribution < 1.29 is 43.4 Å². The topological polar surface area (TPSA) is 166 Å². The summed E-state index contributed by atoms with van der Waals surface area (Å²) in [6, 6.07) is 0. The van der Waals surface area contributed by atoms with Crippen molar-refractivity contribution in [1.82, 2.24) is 10.2 Å². The van der Waals surface area contributed by atoms with Crippen molar-refractivity contribution in [2.45, 2.75) is 87.7 Å². The molecule has 3 rings (SSSR count). The van der Waals surface area contributed by atoms with Crippen molar-refractivity contribution >= 4 is 19.6 Å². The van der Waals surface area contributed by atoms with Gasteiger partial charge in [0.2, 0.25) is 5.91 Å². The number of amides is 2. The van der Waals surface area contributed by atoms with Crippen LogP contribution in [0.3, 0.4) is 0 Å². The van der Waals surface area contributed by atoms with Crippen LogP contribution in [0, 0.1) is 0 Å². The minimum absolute atomic E-state index is 0.0265. The van der Waals surface area contributed by atoms with E-state index in [1.165, 1.54) is 6.08 Å². The van der Waals surface area contributed by atoms with E-state index in [0.717, 1.165) is 38.5 Å². The van der Waals surface area contributed by atoms with Crippen molar-refractivity contribution in [2.24, 2.45) is 0 Å². The van der Waals surface area contributed by atoms with Gasteiger partial charge in [-0.2, -0.15) is 0 Å². The van der Waals surface area contributed by atoms with E-state index in [-0.39, 0.29) is 11.8 Å². The number of hydrogen-bond donors (Lipinski definition) is 5. The minimum atomic E-state index is -4.66. The van der Waals surface area contributed by atoms with E-state index in [1.54, 1.807) is 11.1 Å². The molecule has 0 aromatic carbocycles. The average molecular weight is 476 g/mol. The maximum absolute atomic E-state index is 12.5. The summed E-state index contributed by atoms with van der Waals surface area (Å²) in [7, 11) is -4.66. The summed E-state index contributed by atoms with van der Waals surface area (Å²) in [4.78, 5) is 43.5. The number of hydrogen-bond acceptors (Lipinski definition) is 7. The van der Waals surface area contributed by atoms with Crippen LogP contribution in [0.1, 0.15) is 57.8 Å². The van der Waals surface area contributed by atoms with Crippen LogP contribution in [0.25, 0.3) is 0 Å². The molecule has 0 aromatic heterocycles. The third-order valence-electron chi connectivity index (χ3n) is 6.43. The number of nitrogens with one attached hydrogen (secondary N) is 1. The molecule has 5 atom stereocenters. The summed E-state index contributed by atoms with van der Waals surface area (Å²) in [5.74, 6) is -0.251. The second-order valence-corrected chi connectivity index (χ2v) is 10.0. The summed E-state index contributed by atoms with van der Waals surface area (Å²) in [6.07, 6.45) is 6.24. The van der Waals surface area contributed by atoms with Crippen molar-refractivity contribution in [2.75, 3.05) is 13.2 Å². The smallest absolute Gasteiger partial charge is 0.388 e. The average Bonchev–Trinajstić information content (AvgIpc) is 3.12. The van der Waals surface area contributed by atoms with Crippen molar-refractivity contribution in [3.63, 3.8) is 0 Å². The van der Waals surface area contributed by atoms with Crippen LogP contribution in [0.2, 0.25) is 0 Å². The van der Waals surface area contributed by atoms with Gasteiger partial charge in [0.05, 0.1) is 12.7 Å². The van der Waals surface area contributed by atoms with Gasteiger partial charge in [0.15, 0.2) is 0 Å². The molecule has 12 heteroatoms. The van der Waals surface area contributed by atoms with Gasteiger partial charge in [-0.3, -0.25) is 14.1 Å². The second kappa shape index (κ2) is 10.7. The maximum Gasteiger partial charge on any atom is 0.469 e. The molecular formula is C20H33N2O9P. The maximum atomic E-state index is 12.5. The Labute approximate surface area is 187 Å². The van der Waals surface area contributed by atoms with Gasteiger partial charge in [-0.1, -0.05) is 38.5 Å². The Bertz CT molecular complexity index is 757. The molecule has 3 heterocycles. The number of phosphoric acid groups is 1. The van der Waals surface area contributed by atoms with Crippen molar-refractivity contribution in [1.29, 1.82) is 0 Å². The van der Waals surface area contributed by atoms with E-state index in [0.29, 0.717) is 25.8 Å². The lowest BCUT2D eigenvalue weighted by Crippen LogP contribution is -2.52. The predicted octanol–water partition coefficient (Wildman–Crippen LogP) is 0.320. The zero-order valence-electron chi connectivity index (χ0n) is 18.0. The SMILES string of the molecule is O=C1C=CN2CCC(CCCCCCCCC3OC(COP(=O)(O)O)C(O)C3O)(N1)C2=O. The number of aliphatic hydroxyl groups is 2. The molecular weight excluding hydrogens is 443 g/mol. The summed E-state index contributed by atoms with van der Waals surface area (Å²) < 4.78 is 20.7. The van der Waals surface area contributed by atoms with Crippen molar-refractivity contribution in [3.8, 4) is 0 Å². The molecule has 11 nitrogen and oxygen atoms in total. The van der Waals surface area contributed by atoms with Crippen LogP contribution in [-0.4, -0.2) is 79.8 Å². The third-order valence-corrected chi connectivity index (χ3v) is 6.91. The van der Waals surface area contributed by atoms with E-state index < -0.39 is 44.4 Å². The fourth-order valence-electron chi connectivity index (χ4n) is 4.63. The number of fused-ring (bicyclic) bond motifs is 2. The van der Waals surface area contributed by atoms with E-state index in [1.807, 2.05) is 0 Å². The molecule has 2 saturated heterocycles. The number of phosphoric ester groups is 1. The third kappa shape index (κ3) is 6.38. The first kappa shape index (κ1) is 25.3. The molecule has 32 heavy (non-hydrogen) atoms. The number of carbonyl (C=O) groups excluding carboxylic acids is 2. The summed E-state index contributed by atoms with van der Waals surface area (Å²) in [5.41, 5.74) is -0.766. The standard InChI is InChI=1S/C20H33N2O9P/c23-16-8-11-22-12-10-20(21-16,19(22)26)9-6-4-2-1-3-5-7-14-17(24)18(25)15(31-14)13-30-32(27,28)29/h8,11,14-15,17-18,24-25H,1-7,9-10,12-13H2,(H,21,23)(H2,27,28,29). The van der Waals surface area contributed by atoms with Crippen LogP contribution in [0.4, 0.5) is 0 Å². The van der Waals surface area contributed by atoms with Gasteiger partial charge in [0.25, 0.3) is 5.91 Å². The zero-order chi connectivity index (χ0) is 23.4. The predicted molar refractivity (Wildman–Crippen MR) is 112 cm³/mol. The molecule has 3 aliphatic rings. The molecule has 0 spiro atoms. The Morgan fingerprint density at radius 3 is 2.47 bits per heavy atom. The van der Waals surface area contributed by atoms with Gasteiger partial charge in [-0.15, -0.1) is 0 Å². The Morgan fingerprint density at radius 1 is 1.09 bits per heavy atom. The van der Waals surface area contributed by atoms with Crippen LogP contribution < -0.4 is 5.32 Å².